The Labute approximate surface area is 169 Å². The van der Waals surface area contributed by atoms with Crippen molar-refractivity contribution in [3.63, 3.8) is 0 Å². The summed E-state index contributed by atoms with van der Waals surface area (Å²) in [5.74, 6) is -0.201. The molecule has 0 heterocycles. The summed E-state index contributed by atoms with van der Waals surface area (Å²) in [5, 5.41) is 2.57. The molecule has 2 unspecified atom stereocenters. The molecule has 0 aliphatic rings. The van der Waals surface area contributed by atoms with Crippen molar-refractivity contribution < 1.29 is 14.3 Å². The molecule has 2 amide bonds. The fourth-order valence-corrected chi connectivity index (χ4v) is 2.33. The first-order valence-electron chi connectivity index (χ1n) is 9.52. The number of amides is 2. The van der Waals surface area contributed by atoms with Crippen LogP contribution in [-0.2, 0) is 9.53 Å². The molecule has 28 heavy (non-hydrogen) atoms. The van der Waals surface area contributed by atoms with Crippen LogP contribution in [0.5, 0.6) is 0 Å². The highest BCUT2D eigenvalue weighted by Gasteiger charge is 2.33. The SMILES string of the molecule is C=CC(C/C=C/C(/C=C\C)=NCC)CNNC(=O)C(NC(=O)OC)C(C)(C)C. The zero-order valence-electron chi connectivity index (χ0n) is 18.0. The molecule has 3 N–H and O–H groups in total. The van der Waals surface area contributed by atoms with Crippen molar-refractivity contribution >= 4 is 17.7 Å². The number of nitrogens with one attached hydrogen (secondary N) is 3. The number of alkyl carbamates (subject to hydrolysis) is 1. The van der Waals surface area contributed by atoms with Crippen LogP contribution < -0.4 is 16.2 Å². The highest BCUT2D eigenvalue weighted by Crippen LogP contribution is 2.19. The molecule has 0 fully saturated rings. The maximum Gasteiger partial charge on any atom is 0.407 e. The van der Waals surface area contributed by atoms with Gasteiger partial charge in [-0.05, 0) is 43.8 Å². The van der Waals surface area contributed by atoms with Crippen molar-refractivity contribution in [3.05, 3.63) is 37.0 Å². The van der Waals surface area contributed by atoms with E-state index in [2.05, 4.69) is 32.5 Å². The second-order valence-corrected chi connectivity index (χ2v) is 7.34. The Morgan fingerprint density at radius 3 is 2.43 bits per heavy atom. The zero-order valence-corrected chi connectivity index (χ0v) is 18.0. The first-order valence-corrected chi connectivity index (χ1v) is 9.52. The number of carbonyl (C=O) groups excluding carboxylic acids is 2. The molecular weight excluding hydrogens is 356 g/mol. The van der Waals surface area contributed by atoms with Gasteiger partial charge in [-0.2, -0.15) is 0 Å². The fraction of sp³-hybridized carbons (Fsp3) is 0.571. The summed E-state index contributed by atoms with van der Waals surface area (Å²) >= 11 is 0. The summed E-state index contributed by atoms with van der Waals surface area (Å²) in [4.78, 5) is 28.3. The maximum absolute atomic E-state index is 12.5. The quantitative estimate of drug-likeness (QED) is 0.286. The van der Waals surface area contributed by atoms with Crippen LogP contribution in [0.1, 0.15) is 41.0 Å². The normalized spacial score (nSPS) is 14.7. The van der Waals surface area contributed by atoms with Crippen LogP contribution in [0.3, 0.4) is 0 Å². The average molecular weight is 393 g/mol. The molecule has 0 aliphatic heterocycles. The van der Waals surface area contributed by atoms with Crippen molar-refractivity contribution in [1.82, 2.24) is 16.2 Å². The first kappa shape index (κ1) is 25.6. The fourth-order valence-electron chi connectivity index (χ4n) is 2.33. The highest BCUT2D eigenvalue weighted by atomic mass is 16.5. The third kappa shape index (κ3) is 10.7. The molecule has 0 aromatic rings. The van der Waals surface area contributed by atoms with Gasteiger partial charge in [0.1, 0.15) is 6.04 Å². The Morgan fingerprint density at radius 1 is 1.25 bits per heavy atom. The Kier molecular flexibility index (Phi) is 12.5. The van der Waals surface area contributed by atoms with E-state index in [1.165, 1.54) is 7.11 Å². The van der Waals surface area contributed by atoms with E-state index >= 15 is 0 Å². The summed E-state index contributed by atoms with van der Waals surface area (Å²) in [6.45, 7) is 14.6. The highest BCUT2D eigenvalue weighted by molar-refractivity contribution is 6.03. The largest absolute Gasteiger partial charge is 0.453 e. The van der Waals surface area contributed by atoms with E-state index in [1.807, 2.05) is 65.0 Å². The van der Waals surface area contributed by atoms with Crippen LogP contribution >= 0.6 is 0 Å². The van der Waals surface area contributed by atoms with E-state index in [0.717, 1.165) is 18.7 Å². The minimum absolute atomic E-state index is 0.131. The molecule has 2 atom stereocenters. The lowest BCUT2D eigenvalue weighted by Gasteiger charge is -2.29. The predicted octanol–water partition coefficient (Wildman–Crippen LogP) is 3.16. The van der Waals surface area contributed by atoms with Gasteiger partial charge in [0.2, 0.25) is 0 Å². The molecule has 0 radical (unpaired) electrons. The molecule has 0 aliphatic carbocycles. The first-order chi connectivity index (χ1) is 13.2. The van der Waals surface area contributed by atoms with E-state index in [0.29, 0.717) is 6.54 Å². The van der Waals surface area contributed by atoms with Gasteiger partial charge in [-0.3, -0.25) is 15.2 Å². The molecule has 7 heteroatoms. The van der Waals surface area contributed by atoms with Crippen molar-refractivity contribution in [2.75, 3.05) is 20.2 Å². The number of allylic oxidation sites excluding steroid dienone is 4. The van der Waals surface area contributed by atoms with E-state index in [4.69, 9.17) is 0 Å². The van der Waals surface area contributed by atoms with Crippen LogP contribution in [0.25, 0.3) is 0 Å². The van der Waals surface area contributed by atoms with E-state index in [9.17, 15) is 9.59 Å². The van der Waals surface area contributed by atoms with Gasteiger partial charge in [0.15, 0.2) is 0 Å². The van der Waals surface area contributed by atoms with Gasteiger partial charge in [0.05, 0.1) is 12.8 Å². The molecule has 0 spiro atoms. The van der Waals surface area contributed by atoms with Crippen molar-refractivity contribution in [3.8, 4) is 0 Å². The molecule has 0 aromatic carbocycles. The Morgan fingerprint density at radius 2 is 1.93 bits per heavy atom. The predicted molar refractivity (Wildman–Crippen MR) is 115 cm³/mol. The van der Waals surface area contributed by atoms with Crippen molar-refractivity contribution in [1.29, 1.82) is 0 Å². The number of nitrogens with zero attached hydrogens (tertiary/aromatic N) is 1. The van der Waals surface area contributed by atoms with Gasteiger partial charge >= 0.3 is 6.09 Å². The van der Waals surface area contributed by atoms with E-state index < -0.39 is 17.6 Å². The Hall–Kier alpha value is -2.41. The van der Waals surface area contributed by atoms with Crippen LogP contribution in [0, 0.1) is 11.3 Å². The molecule has 0 bridgehead atoms. The van der Waals surface area contributed by atoms with Crippen molar-refractivity contribution in [2.24, 2.45) is 16.3 Å². The number of hydrogen-bond acceptors (Lipinski definition) is 5. The van der Waals surface area contributed by atoms with Gasteiger partial charge in [-0.1, -0.05) is 39.0 Å². The van der Waals surface area contributed by atoms with Gasteiger partial charge in [0, 0.05) is 13.1 Å². The number of carbonyl (C=O) groups is 2. The van der Waals surface area contributed by atoms with Gasteiger partial charge < -0.3 is 10.1 Å². The minimum Gasteiger partial charge on any atom is -0.453 e. The maximum atomic E-state index is 12.5. The minimum atomic E-state index is -0.733. The average Bonchev–Trinajstić information content (AvgIpc) is 2.63. The van der Waals surface area contributed by atoms with Crippen LogP contribution in [0.4, 0.5) is 4.79 Å². The lowest BCUT2D eigenvalue weighted by molar-refractivity contribution is -0.126. The van der Waals surface area contributed by atoms with Crippen molar-refractivity contribution in [2.45, 2.75) is 47.1 Å². The molecule has 0 saturated carbocycles. The number of hydrogen-bond donors (Lipinski definition) is 3. The van der Waals surface area contributed by atoms with Crippen LogP contribution in [0.15, 0.2) is 42.0 Å². The third-order valence-electron chi connectivity index (χ3n) is 3.89. The third-order valence-corrected chi connectivity index (χ3v) is 3.89. The number of rotatable bonds is 11. The van der Waals surface area contributed by atoms with E-state index in [1.54, 1.807) is 0 Å². The summed E-state index contributed by atoms with van der Waals surface area (Å²) in [6, 6.07) is -0.733. The topological polar surface area (TPSA) is 91.8 Å². The number of hydrazine groups is 1. The van der Waals surface area contributed by atoms with E-state index in [-0.39, 0.29) is 11.8 Å². The smallest absolute Gasteiger partial charge is 0.407 e. The second kappa shape index (κ2) is 13.7. The number of methoxy groups -OCH3 is 1. The molecule has 0 aromatic heterocycles. The zero-order chi connectivity index (χ0) is 21.6. The number of ether oxygens (including phenoxy) is 1. The van der Waals surface area contributed by atoms with Crippen LogP contribution in [-0.4, -0.2) is 44.0 Å². The standard InChI is InChI=1S/C21H36N4O3/c1-8-12-17(22-10-3)14-11-13-16(9-2)15-23-25-19(26)18(21(4,5)6)24-20(27)28-7/h8-9,11-12,14,16,18,23H,2,10,13,15H2,1,3-7H3,(H,24,27)(H,25,26)/b12-8-,14-11+,22-17?. The van der Waals surface area contributed by atoms with Gasteiger partial charge in [-0.15, -0.1) is 6.58 Å². The number of aliphatic imine (C=N–C) groups is 1. The van der Waals surface area contributed by atoms with Crippen LogP contribution in [0.2, 0.25) is 0 Å². The molecule has 7 nitrogen and oxygen atoms in total. The summed E-state index contributed by atoms with van der Waals surface area (Å²) in [6.07, 6.45) is 9.89. The Bertz CT molecular complexity index is 589. The Balaban J connectivity index is 4.67. The molecule has 158 valence electrons. The lowest BCUT2D eigenvalue weighted by atomic mass is 9.86. The van der Waals surface area contributed by atoms with Gasteiger partial charge in [0.25, 0.3) is 5.91 Å². The summed E-state index contributed by atoms with van der Waals surface area (Å²) < 4.78 is 4.60. The second-order valence-electron chi connectivity index (χ2n) is 7.34. The monoisotopic (exact) mass is 392 g/mol. The molecular formula is C21H36N4O3. The summed E-state index contributed by atoms with van der Waals surface area (Å²) in [7, 11) is 1.26. The van der Waals surface area contributed by atoms with Gasteiger partial charge in [-0.25, -0.2) is 10.2 Å². The lowest BCUT2D eigenvalue weighted by Crippen LogP contribution is -2.56. The molecule has 0 rings (SSSR count). The molecule has 0 saturated heterocycles. The summed E-state index contributed by atoms with van der Waals surface area (Å²) in [5.41, 5.74) is 6.04.